The van der Waals surface area contributed by atoms with E-state index in [2.05, 4.69) is 17.9 Å². The molecule has 1 aromatic rings. The van der Waals surface area contributed by atoms with Crippen LogP contribution in [0, 0.1) is 18.3 Å². The van der Waals surface area contributed by atoms with Crippen molar-refractivity contribution < 1.29 is 9.53 Å². The Morgan fingerprint density at radius 1 is 1.50 bits per heavy atom. The number of hydrogen-bond acceptors (Lipinski definition) is 6. The van der Waals surface area contributed by atoms with Crippen molar-refractivity contribution in [1.82, 2.24) is 4.90 Å². The Hall–Kier alpha value is -1.63. The van der Waals surface area contributed by atoms with Crippen LogP contribution in [0.1, 0.15) is 37.3 Å². The van der Waals surface area contributed by atoms with Gasteiger partial charge in [0.15, 0.2) is 0 Å². The number of allylic oxidation sites excluding steroid dienone is 1. The van der Waals surface area contributed by atoms with Crippen molar-refractivity contribution in [3.8, 4) is 5.75 Å². The molecule has 1 aromatic carbocycles. The molecule has 2 heterocycles. The third-order valence-electron chi connectivity index (χ3n) is 5.09. The predicted octanol–water partition coefficient (Wildman–Crippen LogP) is 3.30. The third kappa shape index (κ3) is 4.37. The highest BCUT2D eigenvalue weighted by atomic mass is 32.2. The molecule has 0 spiro atoms. The van der Waals surface area contributed by atoms with E-state index >= 15 is 0 Å². The topological polar surface area (TPSA) is 79.4 Å². The number of likely N-dealkylation sites (tertiary alicyclic amines) is 1. The first-order valence-electron chi connectivity index (χ1n) is 9.16. The number of ether oxygens (including phenoxy) is 1. The van der Waals surface area contributed by atoms with Crippen LogP contribution in [0.2, 0.25) is 0 Å². The number of carbonyl (C=O) groups excluding carboxylic acids is 1. The summed E-state index contributed by atoms with van der Waals surface area (Å²) in [5.74, 6) is 0.625. The first kappa shape index (κ1) is 19.1. The second-order valence-electron chi connectivity index (χ2n) is 7.19. The summed E-state index contributed by atoms with van der Waals surface area (Å²) in [5.41, 5.74) is 7.81. The number of benzene rings is 1. The number of carbonyl (C=O) groups is 1. The van der Waals surface area contributed by atoms with Gasteiger partial charge in [0.05, 0.1) is 6.17 Å². The molecule has 5 nitrogen and oxygen atoms in total. The minimum atomic E-state index is -0.198. The zero-order valence-corrected chi connectivity index (χ0v) is 16.2. The van der Waals surface area contributed by atoms with Crippen LogP contribution >= 0.6 is 11.8 Å². The fourth-order valence-electron chi connectivity index (χ4n) is 3.44. The standard InChI is InChI=1S/C20H27N3O2S/c1-13-5-7-16(12-23-9-3-4-18(23)22)26-19(13)20(24)25-17-8-6-15(11-21)10-14(17)2/h6-8,10-11,13,18-19,21H,3-5,9,12,22H2,1-2H3. The zero-order valence-electron chi connectivity index (χ0n) is 15.4. The van der Waals surface area contributed by atoms with Crippen LogP contribution in [0.3, 0.4) is 0 Å². The molecule has 0 bridgehead atoms. The smallest absolute Gasteiger partial charge is 0.325 e. The fraction of sp³-hybridized carbons (Fsp3) is 0.500. The van der Waals surface area contributed by atoms with Crippen molar-refractivity contribution >= 4 is 23.9 Å². The Balaban J connectivity index is 1.65. The summed E-state index contributed by atoms with van der Waals surface area (Å²) in [4.78, 5) is 16.3. The molecule has 0 saturated carbocycles. The normalized spacial score (nSPS) is 26.4. The van der Waals surface area contributed by atoms with Crippen molar-refractivity contribution in [3.05, 3.63) is 40.3 Å². The summed E-state index contributed by atoms with van der Waals surface area (Å²) in [7, 11) is 0. The highest BCUT2D eigenvalue weighted by molar-refractivity contribution is 8.04. The Morgan fingerprint density at radius 3 is 2.96 bits per heavy atom. The molecular weight excluding hydrogens is 346 g/mol. The molecule has 3 unspecified atom stereocenters. The van der Waals surface area contributed by atoms with Crippen LogP contribution in [-0.2, 0) is 4.79 Å². The van der Waals surface area contributed by atoms with Crippen molar-refractivity contribution in [2.45, 2.75) is 44.5 Å². The van der Waals surface area contributed by atoms with Crippen LogP contribution in [0.15, 0.2) is 29.2 Å². The minimum absolute atomic E-state index is 0.135. The maximum atomic E-state index is 12.8. The molecule has 26 heavy (non-hydrogen) atoms. The molecule has 140 valence electrons. The molecule has 2 aliphatic rings. The Labute approximate surface area is 159 Å². The van der Waals surface area contributed by atoms with Gasteiger partial charge < -0.3 is 15.9 Å². The number of hydrogen-bond donors (Lipinski definition) is 2. The van der Waals surface area contributed by atoms with E-state index in [1.807, 2.05) is 13.0 Å². The van der Waals surface area contributed by atoms with E-state index in [1.165, 1.54) is 11.1 Å². The number of nitrogens with zero attached hydrogens (tertiary/aromatic N) is 1. The Morgan fingerprint density at radius 2 is 2.31 bits per heavy atom. The quantitative estimate of drug-likeness (QED) is 0.470. The van der Waals surface area contributed by atoms with Crippen molar-refractivity contribution in [3.63, 3.8) is 0 Å². The second-order valence-corrected chi connectivity index (χ2v) is 8.46. The lowest BCUT2D eigenvalue weighted by Gasteiger charge is -2.30. The molecule has 3 N–H and O–H groups in total. The molecule has 3 atom stereocenters. The van der Waals surface area contributed by atoms with Gasteiger partial charge in [0.1, 0.15) is 11.0 Å². The summed E-state index contributed by atoms with van der Waals surface area (Å²) in [6.45, 7) is 5.85. The molecule has 0 aliphatic carbocycles. The van der Waals surface area contributed by atoms with E-state index in [4.69, 9.17) is 15.9 Å². The van der Waals surface area contributed by atoms with Gasteiger partial charge in [0.2, 0.25) is 0 Å². The monoisotopic (exact) mass is 373 g/mol. The third-order valence-corrected chi connectivity index (χ3v) is 6.60. The number of nitrogens with one attached hydrogen (secondary N) is 1. The summed E-state index contributed by atoms with van der Waals surface area (Å²) in [5, 5.41) is 7.11. The lowest BCUT2D eigenvalue weighted by Crippen LogP contribution is -2.39. The molecule has 2 aliphatic heterocycles. The fourth-order valence-corrected chi connectivity index (χ4v) is 4.69. The molecule has 1 fully saturated rings. The summed E-state index contributed by atoms with van der Waals surface area (Å²) < 4.78 is 5.69. The van der Waals surface area contributed by atoms with Crippen molar-refractivity contribution in [2.75, 3.05) is 13.1 Å². The van der Waals surface area contributed by atoms with E-state index in [0.717, 1.165) is 43.5 Å². The van der Waals surface area contributed by atoms with Gasteiger partial charge in [0.25, 0.3) is 0 Å². The molecule has 0 aromatic heterocycles. The molecule has 6 heteroatoms. The molecule has 0 amide bonds. The van der Waals surface area contributed by atoms with Gasteiger partial charge in [-0.25, -0.2) is 0 Å². The van der Waals surface area contributed by atoms with E-state index in [0.29, 0.717) is 5.75 Å². The van der Waals surface area contributed by atoms with Gasteiger partial charge in [0, 0.05) is 19.3 Å². The molecule has 1 saturated heterocycles. The number of aryl methyl sites for hydroxylation is 1. The highest BCUT2D eigenvalue weighted by Crippen LogP contribution is 2.37. The summed E-state index contributed by atoms with van der Waals surface area (Å²) in [6.07, 6.45) is 6.75. The first-order chi connectivity index (χ1) is 12.5. The van der Waals surface area contributed by atoms with Gasteiger partial charge in [-0.05, 0) is 66.3 Å². The van der Waals surface area contributed by atoms with Gasteiger partial charge in [-0.3, -0.25) is 9.69 Å². The average Bonchev–Trinajstić information content (AvgIpc) is 3.03. The zero-order chi connectivity index (χ0) is 18.7. The van der Waals surface area contributed by atoms with Gasteiger partial charge in [-0.1, -0.05) is 13.0 Å². The van der Waals surface area contributed by atoms with Crippen LogP contribution < -0.4 is 10.5 Å². The molecule has 0 radical (unpaired) electrons. The maximum absolute atomic E-state index is 12.8. The molecule has 3 rings (SSSR count). The summed E-state index contributed by atoms with van der Waals surface area (Å²) >= 11 is 1.62. The SMILES string of the molecule is Cc1cc(C=N)ccc1OC(=O)C1SC(CN2CCCC2N)=CCC1C. The number of nitrogens with two attached hydrogens (primary N) is 1. The van der Waals surface area contributed by atoms with E-state index in [9.17, 15) is 4.79 Å². The van der Waals surface area contributed by atoms with E-state index in [-0.39, 0.29) is 23.3 Å². The first-order valence-corrected chi connectivity index (χ1v) is 10.0. The van der Waals surface area contributed by atoms with E-state index < -0.39 is 0 Å². The Bertz CT molecular complexity index is 719. The van der Waals surface area contributed by atoms with Crippen LogP contribution in [0.5, 0.6) is 5.75 Å². The predicted molar refractivity (Wildman–Crippen MR) is 107 cm³/mol. The number of thioether (sulfide) groups is 1. The second kappa shape index (κ2) is 8.37. The van der Waals surface area contributed by atoms with Crippen LogP contribution in [0.25, 0.3) is 0 Å². The lowest BCUT2D eigenvalue weighted by atomic mass is 10.0. The van der Waals surface area contributed by atoms with Crippen molar-refractivity contribution in [1.29, 1.82) is 5.41 Å². The summed E-state index contributed by atoms with van der Waals surface area (Å²) in [6, 6.07) is 5.42. The number of rotatable bonds is 5. The van der Waals surface area contributed by atoms with Gasteiger partial charge in [-0.2, -0.15) is 0 Å². The maximum Gasteiger partial charge on any atom is 0.325 e. The lowest BCUT2D eigenvalue weighted by molar-refractivity contribution is -0.134. The largest absolute Gasteiger partial charge is 0.425 e. The average molecular weight is 374 g/mol. The van der Waals surface area contributed by atoms with Crippen LogP contribution in [-0.4, -0.2) is 41.6 Å². The van der Waals surface area contributed by atoms with Gasteiger partial charge in [-0.15, -0.1) is 11.8 Å². The number of esters is 1. The highest BCUT2D eigenvalue weighted by Gasteiger charge is 2.33. The van der Waals surface area contributed by atoms with Crippen molar-refractivity contribution in [2.24, 2.45) is 11.7 Å². The van der Waals surface area contributed by atoms with Gasteiger partial charge >= 0.3 is 5.97 Å². The molecular formula is C20H27N3O2S. The Kier molecular flexibility index (Phi) is 6.16. The van der Waals surface area contributed by atoms with E-state index in [1.54, 1.807) is 23.9 Å². The minimum Gasteiger partial charge on any atom is -0.425 e. The van der Waals surface area contributed by atoms with Crippen LogP contribution in [0.4, 0.5) is 0 Å².